The minimum Gasteiger partial charge on any atom is -0.481 e. The summed E-state index contributed by atoms with van der Waals surface area (Å²) in [5.74, 6) is -0.212. The summed E-state index contributed by atoms with van der Waals surface area (Å²) in [5.41, 5.74) is 4.65. The Balaban J connectivity index is 0.000000182. The molecule has 1 saturated carbocycles. The Morgan fingerprint density at radius 1 is 1.12 bits per heavy atom. The van der Waals surface area contributed by atoms with Crippen molar-refractivity contribution in [2.45, 2.75) is 25.7 Å². The first kappa shape index (κ1) is 26.7. The maximum Gasteiger partial charge on any atom is 0.371 e. The number of carboxylic acids is 2. The largest absolute Gasteiger partial charge is 0.481 e. The summed E-state index contributed by atoms with van der Waals surface area (Å²) in [6, 6.07) is 8.38. The van der Waals surface area contributed by atoms with Crippen LogP contribution in [0.5, 0.6) is 0 Å². The number of nitrogens with two attached hydrogens (primary N) is 1. The fourth-order valence-electron chi connectivity index (χ4n) is 3.40. The number of quaternary nitrogens is 2. The molecule has 0 unspecified atom stereocenters. The van der Waals surface area contributed by atoms with Crippen LogP contribution in [0.25, 0.3) is 0 Å². The Labute approximate surface area is 202 Å². The highest BCUT2D eigenvalue weighted by Crippen LogP contribution is 2.27. The zero-order valence-electron chi connectivity index (χ0n) is 18.2. The summed E-state index contributed by atoms with van der Waals surface area (Å²) in [5, 5.41) is 23.2. The minimum absolute atomic E-state index is 0.0231. The van der Waals surface area contributed by atoms with Gasteiger partial charge in [0.05, 0.1) is 25.3 Å². The lowest BCUT2D eigenvalue weighted by Crippen LogP contribution is -2.85. The molecule has 0 bridgehead atoms. The molecular formula is C22H30Cl2N4O5+2. The Morgan fingerprint density at radius 2 is 1.79 bits per heavy atom. The molecule has 8 N–H and O–H groups in total. The number of nitrogens with zero attached hydrogens (tertiary/aromatic N) is 1. The molecular weight excluding hydrogens is 471 g/mol. The summed E-state index contributed by atoms with van der Waals surface area (Å²) in [7, 11) is 0. The smallest absolute Gasteiger partial charge is 0.371 e. The number of carboxylic acid groups (broad SMARTS) is 2. The highest BCUT2D eigenvalue weighted by atomic mass is 35.5. The van der Waals surface area contributed by atoms with Crippen molar-refractivity contribution in [2.75, 3.05) is 19.6 Å². The van der Waals surface area contributed by atoms with Crippen molar-refractivity contribution >= 4 is 46.8 Å². The van der Waals surface area contributed by atoms with Gasteiger partial charge in [0.1, 0.15) is 10.0 Å². The predicted molar refractivity (Wildman–Crippen MR) is 125 cm³/mol. The number of guanidine groups is 1. The van der Waals surface area contributed by atoms with Crippen LogP contribution in [0.4, 0.5) is 5.69 Å². The summed E-state index contributed by atoms with van der Waals surface area (Å²) in [6.45, 7) is 2.66. The number of nitrogens with one attached hydrogen (secondary N) is 1. The van der Waals surface area contributed by atoms with Crippen LogP contribution in [0.3, 0.4) is 0 Å². The van der Waals surface area contributed by atoms with E-state index < -0.39 is 11.9 Å². The van der Waals surface area contributed by atoms with Crippen molar-refractivity contribution in [3.05, 3.63) is 52.4 Å². The van der Waals surface area contributed by atoms with E-state index in [9.17, 15) is 9.59 Å². The summed E-state index contributed by atoms with van der Waals surface area (Å²) >= 11 is 12.0. The number of halogens is 2. The van der Waals surface area contributed by atoms with E-state index in [-0.39, 0.29) is 11.7 Å². The molecule has 1 aromatic heterocycles. The van der Waals surface area contributed by atoms with Gasteiger partial charge in [0.15, 0.2) is 5.69 Å². The number of aliphatic carboxylic acids is 1. The van der Waals surface area contributed by atoms with E-state index in [1.165, 1.54) is 18.4 Å². The van der Waals surface area contributed by atoms with E-state index in [4.69, 9.17) is 33.4 Å². The molecule has 0 amide bonds. The second-order valence-electron chi connectivity index (χ2n) is 7.60. The average molecular weight is 501 g/mol. The number of hydrogen-bond donors (Lipinski definition) is 5. The minimum atomic E-state index is -1.03. The number of hydrogen-bond acceptors (Lipinski definition) is 5. The van der Waals surface area contributed by atoms with E-state index in [2.05, 4.69) is 20.5 Å². The van der Waals surface area contributed by atoms with Gasteiger partial charge in [0, 0.05) is 12.5 Å². The Kier molecular flexibility index (Phi) is 11.2. The third-order valence-electron chi connectivity index (χ3n) is 5.32. The van der Waals surface area contributed by atoms with Gasteiger partial charge in [-0.1, -0.05) is 29.3 Å². The van der Waals surface area contributed by atoms with Gasteiger partial charge in [-0.15, -0.1) is 0 Å². The van der Waals surface area contributed by atoms with E-state index >= 15 is 0 Å². The molecule has 9 nitrogen and oxygen atoms in total. The van der Waals surface area contributed by atoms with Crippen molar-refractivity contribution in [3.8, 4) is 0 Å². The maximum absolute atomic E-state index is 10.5. The average Bonchev–Trinajstić information content (AvgIpc) is 3.52. The van der Waals surface area contributed by atoms with Gasteiger partial charge in [0.25, 0.3) is 5.96 Å². The van der Waals surface area contributed by atoms with Gasteiger partial charge in [-0.2, -0.15) is 0 Å². The molecule has 180 valence electrons. The van der Waals surface area contributed by atoms with Gasteiger partial charge in [-0.05, 0) is 49.9 Å². The van der Waals surface area contributed by atoms with Crippen LogP contribution in [0.2, 0.25) is 10.0 Å². The molecule has 4 rings (SSSR count). The van der Waals surface area contributed by atoms with Crippen LogP contribution in [0.15, 0.2) is 46.0 Å². The van der Waals surface area contributed by atoms with Gasteiger partial charge in [0.2, 0.25) is 5.76 Å². The van der Waals surface area contributed by atoms with Crippen molar-refractivity contribution in [1.82, 2.24) is 5.32 Å². The molecule has 11 heteroatoms. The Morgan fingerprint density at radius 3 is 2.21 bits per heavy atom. The number of para-hydroxylation sites is 1. The Bertz CT molecular complexity index is 909. The van der Waals surface area contributed by atoms with Crippen LogP contribution in [0, 0.1) is 11.8 Å². The van der Waals surface area contributed by atoms with Gasteiger partial charge in [-0.3, -0.25) is 4.79 Å². The molecule has 0 atom stereocenters. The first-order valence-electron chi connectivity index (χ1n) is 10.7. The van der Waals surface area contributed by atoms with Crippen molar-refractivity contribution < 1.29 is 35.3 Å². The maximum atomic E-state index is 10.5. The molecule has 0 radical (unpaired) electrons. The first-order valence-corrected chi connectivity index (χ1v) is 11.4. The lowest BCUT2D eigenvalue weighted by atomic mass is 9.82. The van der Waals surface area contributed by atoms with Gasteiger partial charge >= 0.3 is 11.9 Å². The molecule has 1 aromatic carbocycles. The molecule has 1 aliphatic carbocycles. The molecule has 2 heterocycles. The number of rotatable bonds is 4. The lowest BCUT2D eigenvalue weighted by Gasteiger charge is -2.23. The van der Waals surface area contributed by atoms with Crippen LogP contribution in [0.1, 0.15) is 36.2 Å². The normalized spacial score (nSPS) is 19.2. The first-order chi connectivity index (χ1) is 15.8. The van der Waals surface area contributed by atoms with Crippen LogP contribution >= 0.6 is 23.2 Å². The highest BCUT2D eigenvalue weighted by Gasteiger charge is 2.25. The number of carbonyl (C=O) groups is 2. The summed E-state index contributed by atoms with van der Waals surface area (Å²) < 4.78 is 4.50. The topological polar surface area (TPSA) is 156 Å². The number of aromatic carboxylic acids is 1. The predicted octanol–water partition coefficient (Wildman–Crippen LogP) is 2.24. The van der Waals surface area contributed by atoms with E-state index in [0.717, 1.165) is 57.0 Å². The standard InChI is InChI=1S/C9H9Cl2N3.C8H15NO2.C5H4O3/c10-6-2-1-3-7(11)8(6)14-9-12-4-5-13-9;9-5-6-1-3-7(4-2-6)8(10)11;6-5(7)4-2-1-3-8-4/h1-3H,4-5H2,(H2,12,13,14);6-7H,1-5,9H2,(H,10,11);1-3H,(H,6,7)/p+2. The molecule has 0 spiro atoms. The van der Waals surface area contributed by atoms with E-state index in [1.54, 1.807) is 0 Å². The third kappa shape index (κ3) is 9.05. The van der Waals surface area contributed by atoms with E-state index in [1.807, 2.05) is 23.5 Å². The van der Waals surface area contributed by atoms with E-state index in [0.29, 0.717) is 16.0 Å². The molecule has 33 heavy (non-hydrogen) atoms. The molecule has 2 aromatic rings. The second kappa shape index (κ2) is 13.8. The fourth-order valence-corrected chi connectivity index (χ4v) is 3.90. The number of benzene rings is 1. The molecule has 1 fully saturated rings. The SMILES string of the molecule is Clc1cccc(Cl)c1[NH2+]C1=NCCN1.O=C(O)c1ccco1.[NH3+]CC1CCC(C(=O)O)CC1. The highest BCUT2D eigenvalue weighted by molar-refractivity contribution is 6.38. The molecule has 1 aliphatic heterocycles. The number of aliphatic imine (C=N–C) groups is 1. The van der Waals surface area contributed by atoms with Crippen molar-refractivity contribution in [2.24, 2.45) is 16.8 Å². The van der Waals surface area contributed by atoms with Crippen LogP contribution in [-0.4, -0.2) is 47.7 Å². The lowest BCUT2D eigenvalue weighted by molar-refractivity contribution is -0.447. The number of furan rings is 1. The second-order valence-corrected chi connectivity index (χ2v) is 8.41. The Hall–Kier alpha value is -2.59. The summed E-state index contributed by atoms with van der Waals surface area (Å²) in [4.78, 5) is 24.7. The summed E-state index contributed by atoms with van der Waals surface area (Å²) in [6.07, 6.45) is 5.15. The van der Waals surface area contributed by atoms with Crippen molar-refractivity contribution in [3.63, 3.8) is 0 Å². The molecule has 2 aliphatic rings. The molecule has 0 saturated heterocycles. The van der Waals surface area contributed by atoms with Gasteiger partial charge in [-0.25, -0.2) is 15.1 Å². The van der Waals surface area contributed by atoms with Crippen LogP contribution in [-0.2, 0) is 4.79 Å². The quantitative estimate of drug-likeness (QED) is 0.405. The zero-order valence-corrected chi connectivity index (χ0v) is 19.7. The van der Waals surface area contributed by atoms with Gasteiger partial charge < -0.3 is 25.7 Å². The van der Waals surface area contributed by atoms with Crippen molar-refractivity contribution in [1.29, 1.82) is 0 Å². The zero-order chi connectivity index (χ0) is 24.2. The van der Waals surface area contributed by atoms with Crippen LogP contribution < -0.4 is 16.4 Å². The monoisotopic (exact) mass is 500 g/mol. The third-order valence-corrected chi connectivity index (χ3v) is 5.98. The fraction of sp³-hybridized carbons (Fsp3) is 0.409.